The average molecular weight is 274 g/mol. The van der Waals surface area contributed by atoms with Crippen LogP contribution in [0.4, 0.5) is 5.69 Å². The molecule has 0 saturated heterocycles. The number of hydrogen-bond acceptors (Lipinski definition) is 4. The molecule has 5 nitrogen and oxygen atoms in total. The Morgan fingerprint density at radius 2 is 2.27 bits per heavy atom. The zero-order valence-electron chi connectivity index (χ0n) is 7.90. The molecular formula is C9H8BrNO4. The van der Waals surface area contributed by atoms with E-state index in [1.165, 1.54) is 13.0 Å². The number of esters is 1. The minimum atomic E-state index is -0.510. The first-order valence-corrected chi connectivity index (χ1v) is 4.87. The average Bonchev–Trinajstić information content (AvgIpc) is 2.15. The fourth-order valence-electron chi connectivity index (χ4n) is 1.04. The van der Waals surface area contributed by atoms with Crippen molar-refractivity contribution in [3.8, 4) is 0 Å². The van der Waals surface area contributed by atoms with E-state index in [-0.39, 0.29) is 12.3 Å². The number of nitro groups is 1. The van der Waals surface area contributed by atoms with E-state index >= 15 is 0 Å². The van der Waals surface area contributed by atoms with Crippen molar-refractivity contribution in [3.05, 3.63) is 38.3 Å². The number of ether oxygens (including phenoxy) is 1. The Labute approximate surface area is 94.3 Å². The Kier molecular flexibility index (Phi) is 3.79. The number of benzene rings is 1. The zero-order chi connectivity index (χ0) is 11.4. The molecule has 0 spiro atoms. The van der Waals surface area contributed by atoms with Crippen molar-refractivity contribution in [2.75, 3.05) is 0 Å². The smallest absolute Gasteiger partial charge is 0.302 e. The Bertz CT molecular complexity index is 405. The summed E-state index contributed by atoms with van der Waals surface area (Å²) >= 11 is 3.17. The number of carbonyl (C=O) groups excluding carboxylic acids is 1. The molecule has 0 unspecified atom stereocenters. The Hall–Kier alpha value is -1.43. The highest BCUT2D eigenvalue weighted by atomic mass is 79.9. The summed E-state index contributed by atoms with van der Waals surface area (Å²) < 4.78 is 5.28. The van der Waals surface area contributed by atoms with Crippen LogP contribution in [0.25, 0.3) is 0 Å². The number of halogens is 1. The molecular weight excluding hydrogens is 266 g/mol. The van der Waals surface area contributed by atoms with Crippen LogP contribution in [0, 0.1) is 10.1 Å². The van der Waals surface area contributed by atoms with Crippen molar-refractivity contribution in [2.24, 2.45) is 0 Å². The van der Waals surface area contributed by atoms with E-state index in [9.17, 15) is 14.9 Å². The van der Waals surface area contributed by atoms with Gasteiger partial charge in [0.2, 0.25) is 0 Å². The summed E-state index contributed by atoms with van der Waals surface area (Å²) in [6.45, 7) is 1.15. The number of rotatable bonds is 3. The SMILES string of the molecule is CC(=O)OCc1c(Br)cccc1[N+](=O)[O-]. The monoisotopic (exact) mass is 273 g/mol. The van der Waals surface area contributed by atoms with Gasteiger partial charge in [0.1, 0.15) is 6.61 Å². The van der Waals surface area contributed by atoms with Gasteiger partial charge in [0.05, 0.1) is 10.5 Å². The summed E-state index contributed by atoms with van der Waals surface area (Å²) in [5.74, 6) is -0.472. The van der Waals surface area contributed by atoms with Gasteiger partial charge in [0.25, 0.3) is 5.69 Å². The van der Waals surface area contributed by atoms with Gasteiger partial charge in [0.15, 0.2) is 0 Å². The fraction of sp³-hybridized carbons (Fsp3) is 0.222. The molecule has 0 heterocycles. The van der Waals surface area contributed by atoms with E-state index in [0.717, 1.165) is 0 Å². The summed E-state index contributed by atoms with van der Waals surface area (Å²) in [6.07, 6.45) is 0. The summed E-state index contributed by atoms with van der Waals surface area (Å²) in [7, 11) is 0. The van der Waals surface area contributed by atoms with Crippen molar-refractivity contribution >= 4 is 27.6 Å². The zero-order valence-corrected chi connectivity index (χ0v) is 9.48. The van der Waals surface area contributed by atoms with Crippen molar-refractivity contribution in [3.63, 3.8) is 0 Å². The van der Waals surface area contributed by atoms with Crippen molar-refractivity contribution in [1.82, 2.24) is 0 Å². The maximum Gasteiger partial charge on any atom is 0.302 e. The normalized spacial score (nSPS) is 9.73. The molecule has 0 saturated carbocycles. The molecule has 1 rings (SSSR count). The quantitative estimate of drug-likeness (QED) is 0.482. The second-order valence-corrected chi connectivity index (χ2v) is 3.63. The molecule has 0 aliphatic carbocycles. The van der Waals surface area contributed by atoms with E-state index in [0.29, 0.717) is 10.0 Å². The molecule has 0 atom stereocenters. The highest BCUT2D eigenvalue weighted by Gasteiger charge is 2.16. The van der Waals surface area contributed by atoms with E-state index in [4.69, 9.17) is 4.74 Å². The van der Waals surface area contributed by atoms with Crippen LogP contribution in [-0.2, 0) is 16.1 Å². The number of hydrogen-bond donors (Lipinski definition) is 0. The summed E-state index contributed by atoms with van der Waals surface area (Å²) in [5.41, 5.74) is 0.295. The van der Waals surface area contributed by atoms with Gasteiger partial charge in [-0.3, -0.25) is 14.9 Å². The molecule has 0 radical (unpaired) electrons. The minimum absolute atomic E-state index is 0.0642. The Morgan fingerprint density at radius 1 is 1.60 bits per heavy atom. The lowest BCUT2D eigenvalue weighted by Crippen LogP contribution is -2.02. The van der Waals surface area contributed by atoms with Gasteiger partial charge in [-0.15, -0.1) is 0 Å². The molecule has 0 aliphatic rings. The van der Waals surface area contributed by atoms with Crippen molar-refractivity contribution in [2.45, 2.75) is 13.5 Å². The fourth-order valence-corrected chi connectivity index (χ4v) is 1.51. The van der Waals surface area contributed by atoms with Gasteiger partial charge < -0.3 is 4.74 Å². The van der Waals surface area contributed by atoms with Crippen molar-refractivity contribution in [1.29, 1.82) is 0 Å². The molecule has 6 heteroatoms. The highest BCUT2D eigenvalue weighted by molar-refractivity contribution is 9.10. The van der Waals surface area contributed by atoms with Crippen LogP contribution < -0.4 is 0 Å². The van der Waals surface area contributed by atoms with E-state index in [2.05, 4.69) is 15.9 Å². The highest BCUT2D eigenvalue weighted by Crippen LogP contribution is 2.27. The molecule has 1 aromatic carbocycles. The number of carbonyl (C=O) groups is 1. The van der Waals surface area contributed by atoms with Gasteiger partial charge in [0, 0.05) is 17.5 Å². The third-order valence-corrected chi connectivity index (χ3v) is 2.45. The third-order valence-electron chi connectivity index (χ3n) is 1.71. The second kappa shape index (κ2) is 4.88. The number of nitro benzene ring substituents is 1. The van der Waals surface area contributed by atoms with Crippen LogP contribution in [0.3, 0.4) is 0 Å². The Morgan fingerprint density at radius 3 is 2.80 bits per heavy atom. The van der Waals surface area contributed by atoms with Crippen LogP contribution >= 0.6 is 15.9 Å². The molecule has 0 amide bonds. The third kappa shape index (κ3) is 3.02. The first-order valence-electron chi connectivity index (χ1n) is 4.07. The van der Waals surface area contributed by atoms with Gasteiger partial charge in [-0.1, -0.05) is 22.0 Å². The number of nitrogens with zero attached hydrogens (tertiary/aromatic N) is 1. The lowest BCUT2D eigenvalue weighted by molar-refractivity contribution is -0.385. The lowest BCUT2D eigenvalue weighted by Gasteiger charge is -2.05. The maximum absolute atomic E-state index is 10.7. The first-order chi connectivity index (χ1) is 7.02. The molecule has 0 N–H and O–H groups in total. The molecule has 0 bridgehead atoms. The van der Waals surface area contributed by atoms with E-state index in [1.807, 2.05) is 0 Å². The van der Waals surface area contributed by atoms with Crippen LogP contribution in [0.1, 0.15) is 12.5 Å². The van der Waals surface area contributed by atoms with Crippen molar-refractivity contribution < 1.29 is 14.5 Å². The molecule has 1 aromatic rings. The molecule has 15 heavy (non-hydrogen) atoms. The van der Waals surface area contributed by atoms with Crippen LogP contribution in [0.2, 0.25) is 0 Å². The Balaban J connectivity index is 3.02. The van der Waals surface area contributed by atoms with Gasteiger partial charge >= 0.3 is 5.97 Å². The van der Waals surface area contributed by atoms with Gasteiger partial charge in [-0.05, 0) is 6.07 Å². The largest absolute Gasteiger partial charge is 0.461 e. The second-order valence-electron chi connectivity index (χ2n) is 2.77. The standard InChI is InChI=1S/C9H8BrNO4/c1-6(12)15-5-7-8(10)3-2-4-9(7)11(13)14/h2-4H,5H2,1H3. The van der Waals surface area contributed by atoms with E-state index < -0.39 is 10.9 Å². The lowest BCUT2D eigenvalue weighted by atomic mass is 10.2. The van der Waals surface area contributed by atoms with Crippen LogP contribution in [0.15, 0.2) is 22.7 Å². The molecule has 0 fully saturated rings. The molecule has 0 aromatic heterocycles. The molecule has 0 aliphatic heterocycles. The van der Waals surface area contributed by atoms with Gasteiger partial charge in [-0.25, -0.2) is 0 Å². The van der Waals surface area contributed by atoms with Crippen LogP contribution in [-0.4, -0.2) is 10.9 Å². The van der Waals surface area contributed by atoms with Crippen LogP contribution in [0.5, 0.6) is 0 Å². The van der Waals surface area contributed by atoms with E-state index in [1.54, 1.807) is 12.1 Å². The summed E-state index contributed by atoms with van der Waals surface area (Å²) in [4.78, 5) is 20.8. The predicted molar refractivity (Wildman–Crippen MR) is 56.3 cm³/mol. The minimum Gasteiger partial charge on any atom is -0.461 e. The summed E-state index contributed by atoms with van der Waals surface area (Å²) in [6, 6.07) is 4.58. The summed E-state index contributed by atoms with van der Waals surface area (Å²) in [5, 5.41) is 10.7. The van der Waals surface area contributed by atoms with Gasteiger partial charge in [-0.2, -0.15) is 0 Å². The first kappa shape index (κ1) is 11.6. The predicted octanol–water partition coefficient (Wildman–Crippen LogP) is 2.42. The topological polar surface area (TPSA) is 69.4 Å². The maximum atomic E-state index is 10.7. The molecule has 80 valence electrons.